The second-order valence-corrected chi connectivity index (χ2v) is 6.67. The van der Waals surface area contributed by atoms with E-state index in [2.05, 4.69) is 11.0 Å². The average Bonchev–Trinajstić information content (AvgIpc) is 2.67. The van der Waals surface area contributed by atoms with Crippen molar-refractivity contribution < 1.29 is 13.2 Å². The lowest BCUT2D eigenvalue weighted by Crippen LogP contribution is -2.29. The minimum absolute atomic E-state index is 0.643. The van der Waals surface area contributed by atoms with Crippen molar-refractivity contribution in [2.45, 2.75) is 25.4 Å². The van der Waals surface area contributed by atoms with Crippen LogP contribution in [0.15, 0.2) is 54.6 Å². The first-order valence-electron chi connectivity index (χ1n) is 8.85. The Hall–Kier alpha value is -2.56. The summed E-state index contributed by atoms with van der Waals surface area (Å²) in [5, 5.41) is 1.05. The first-order chi connectivity index (χ1) is 12.5. The third-order valence-electron chi connectivity index (χ3n) is 4.90. The molecular weight excluding hydrogens is 337 g/mol. The standard InChI is InChI=1S/C21H19F3N2/c22-21(23,24)17-10-7-15(8-11-17)18-12-9-16-5-4-6-19(20(16)25-18)26-13-2-1-3-14-26/h4-12H,1-3,13-14H2. The fourth-order valence-corrected chi connectivity index (χ4v) is 3.51. The van der Waals surface area contributed by atoms with Crippen LogP contribution in [0.1, 0.15) is 24.8 Å². The molecule has 0 saturated carbocycles. The molecule has 1 aliphatic heterocycles. The molecule has 1 aliphatic rings. The van der Waals surface area contributed by atoms with Crippen LogP contribution in [0, 0.1) is 0 Å². The van der Waals surface area contributed by atoms with E-state index in [1.165, 1.54) is 31.4 Å². The Morgan fingerprint density at radius 1 is 0.808 bits per heavy atom. The van der Waals surface area contributed by atoms with Crippen molar-refractivity contribution in [3.8, 4) is 11.3 Å². The highest BCUT2D eigenvalue weighted by Gasteiger charge is 2.30. The molecule has 1 fully saturated rings. The van der Waals surface area contributed by atoms with Crippen LogP contribution in [0.3, 0.4) is 0 Å². The largest absolute Gasteiger partial charge is 0.416 e. The monoisotopic (exact) mass is 356 g/mol. The van der Waals surface area contributed by atoms with E-state index < -0.39 is 11.7 Å². The van der Waals surface area contributed by atoms with Crippen molar-refractivity contribution in [1.29, 1.82) is 0 Å². The third-order valence-corrected chi connectivity index (χ3v) is 4.90. The maximum absolute atomic E-state index is 12.8. The molecule has 2 aromatic carbocycles. The van der Waals surface area contributed by atoms with Crippen LogP contribution in [0.25, 0.3) is 22.2 Å². The topological polar surface area (TPSA) is 16.1 Å². The Morgan fingerprint density at radius 2 is 1.54 bits per heavy atom. The van der Waals surface area contributed by atoms with Gasteiger partial charge in [0.25, 0.3) is 0 Å². The molecule has 1 aromatic heterocycles. The van der Waals surface area contributed by atoms with Gasteiger partial charge in [0, 0.05) is 24.0 Å². The van der Waals surface area contributed by atoms with Crippen LogP contribution < -0.4 is 4.90 Å². The minimum Gasteiger partial charge on any atom is -0.370 e. The number of anilines is 1. The molecule has 3 aromatic rings. The Labute approximate surface area is 150 Å². The summed E-state index contributed by atoms with van der Waals surface area (Å²) in [6.07, 6.45) is -0.716. The summed E-state index contributed by atoms with van der Waals surface area (Å²) in [5.41, 5.74) is 2.75. The molecule has 1 saturated heterocycles. The molecule has 0 N–H and O–H groups in total. The maximum Gasteiger partial charge on any atom is 0.416 e. The first-order valence-corrected chi connectivity index (χ1v) is 8.85. The summed E-state index contributed by atoms with van der Waals surface area (Å²) < 4.78 is 38.3. The second kappa shape index (κ2) is 6.63. The molecular formula is C21H19F3N2. The highest BCUT2D eigenvalue weighted by molar-refractivity contribution is 5.92. The second-order valence-electron chi connectivity index (χ2n) is 6.67. The lowest BCUT2D eigenvalue weighted by Gasteiger charge is -2.29. The Kier molecular flexibility index (Phi) is 4.31. The zero-order valence-corrected chi connectivity index (χ0v) is 14.3. The van der Waals surface area contributed by atoms with Crippen LogP contribution in [-0.2, 0) is 6.18 Å². The van der Waals surface area contributed by atoms with Gasteiger partial charge in [-0.05, 0) is 43.5 Å². The molecule has 0 bridgehead atoms. The molecule has 0 atom stereocenters. The molecule has 5 heteroatoms. The van der Waals surface area contributed by atoms with Crippen molar-refractivity contribution in [3.05, 3.63) is 60.2 Å². The Bertz CT molecular complexity index is 911. The summed E-state index contributed by atoms with van der Waals surface area (Å²) in [5.74, 6) is 0. The molecule has 2 heterocycles. The predicted octanol–water partition coefficient (Wildman–Crippen LogP) is 5.91. The van der Waals surface area contributed by atoms with Crippen LogP contribution in [0.5, 0.6) is 0 Å². The van der Waals surface area contributed by atoms with E-state index in [0.717, 1.165) is 41.8 Å². The number of alkyl halides is 3. The number of para-hydroxylation sites is 1. The maximum atomic E-state index is 12.8. The number of halogens is 3. The van der Waals surface area contributed by atoms with Gasteiger partial charge in [-0.3, -0.25) is 0 Å². The van der Waals surface area contributed by atoms with Crippen molar-refractivity contribution >= 4 is 16.6 Å². The van der Waals surface area contributed by atoms with Gasteiger partial charge in [-0.25, -0.2) is 4.98 Å². The molecule has 0 unspecified atom stereocenters. The number of piperidine rings is 1. The fourth-order valence-electron chi connectivity index (χ4n) is 3.51. The molecule has 0 spiro atoms. The molecule has 134 valence electrons. The summed E-state index contributed by atoms with van der Waals surface area (Å²) in [7, 11) is 0. The highest BCUT2D eigenvalue weighted by atomic mass is 19.4. The molecule has 0 radical (unpaired) electrons. The van der Waals surface area contributed by atoms with Crippen LogP contribution >= 0.6 is 0 Å². The predicted molar refractivity (Wildman–Crippen MR) is 98.2 cm³/mol. The van der Waals surface area contributed by atoms with Crippen molar-refractivity contribution in [1.82, 2.24) is 4.98 Å². The van der Waals surface area contributed by atoms with E-state index in [1.807, 2.05) is 24.3 Å². The van der Waals surface area contributed by atoms with Gasteiger partial charge in [0.05, 0.1) is 22.5 Å². The highest BCUT2D eigenvalue weighted by Crippen LogP contribution is 2.32. The van der Waals surface area contributed by atoms with E-state index in [0.29, 0.717) is 11.3 Å². The lowest BCUT2D eigenvalue weighted by atomic mass is 10.1. The van der Waals surface area contributed by atoms with E-state index in [4.69, 9.17) is 4.98 Å². The van der Waals surface area contributed by atoms with E-state index in [9.17, 15) is 13.2 Å². The fraction of sp³-hybridized carbons (Fsp3) is 0.286. The van der Waals surface area contributed by atoms with Crippen LogP contribution in [0.2, 0.25) is 0 Å². The average molecular weight is 356 g/mol. The van der Waals surface area contributed by atoms with Gasteiger partial charge >= 0.3 is 6.18 Å². The summed E-state index contributed by atoms with van der Waals surface area (Å²) in [6, 6.07) is 15.2. The number of nitrogens with zero attached hydrogens (tertiary/aromatic N) is 2. The number of hydrogen-bond donors (Lipinski definition) is 0. The van der Waals surface area contributed by atoms with Gasteiger partial charge in [-0.1, -0.05) is 30.3 Å². The van der Waals surface area contributed by atoms with Crippen molar-refractivity contribution in [3.63, 3.8) is 0 Å². The van der Waals surface area contributed by atoms with Gasteiger partial charge in [0.1, 0.15) is 0 Å². The van der Waals surface area contributed by atoms with Crippen LogP contribution in [-0.4, -0.2) is 18.1 Å². The number of pyridine rings is 1. The van der Waals surface area contributed by atoms with Gasteiger partial charge in [-0.2, -0.15) is 13.2 Å². The number of aromatic nitrogens is 1. The van der Waals surface area contributed by atoms with Gasteiger partial charge < -0.3 is 4.90 Å². The number of rotatable bonds is 2. The number of hydrogen-bond acceptors (Lipinski definition) is 2. The molecule has 4 rings (SSSR count). The molecule has 26 heavy (non-hydrogen) atoms. The summed E-state index contributed by atoms with van der Waals surface area (Å²) >= 11 is 0. The SMILES string of the molecule is FC(F)(F)c1ccc(-c2ccc3cccc(N4CCCCC4)c3n2)cc1. The molecule has 0 aliphatic carbocycles. The zero-order chi connectivity index (χ0) is 18.1. The normalized spacial score (nSPS) is 15.4. The Morgan fingerprint density at radius 3 is 2.23 bits per heavy atom. The van der Waals surface area contributed by atoms with Gasteiger partial charge in [0.2, 0.25) is 0 Å². The molecule has 2 nitrogen and oxygen atoms in total. The third kappa shape index (κ3) is 3.26. The number of fused-ring (bicyclic) bond motifs is 1. The van der Waals surface area contributed by atoms with E-state index in [1.54, 1.807) is 0 Å². The quantitative estimate of drug-likeness (QED) is 0.567. The minimum atomic E-state index is -4.32. The first kappa shape index (κ1) is 16.9. The summed E-state index contributed by atoms with van der Waals surface area (Å²) in [6.45, 7) is 2.04. The molecule has 0 amide bonds. The van der Waals surface area contributed by atoms with Crippen LogP contribution in [0.4, 0.5) is 18.9 Å². The Balaban J connectivity index is 1.75. The lowest BCUT2D eigenvalue weighted by molar-refractivity contribution is -0.137. The van der Waals surface area contributed by atoms with Crippen molar-refractivity contribution in [2.24, 2.45) is 0 Å². The van der Waals surface area contributed by atoms with E-state index >= 15 is 0 Å². The van der Waals surface area contributed by atoms with Crippen molar-refractivity contribution in [2.75, 3.05) is 18.0 Å². The summed E-state index contributed by atoms with van der Waals surface area (Å²) in [4.78, 5) is 7.15. The zero-order valence-electron chi connectivity index (χ0n) is 14.3. The smallest absolute Gasteiger partial charge is 0.370 e. The number of benzene rings is 2. The van der Waals surface area contributed by atoms with E-state index in [-0.39, 0.29) is 0 Å². The van der Waals surface area contributed by atoms with Gasteiger partial charge in [-0.15, -0.1) is 0 Å². The van der Waals surface area contributed by atoms with Gasteiger partial charge in [0.15, 0.2) is 0 Å².